The van der Waals surface area contributed by atoms with Gasteiger partial charge >= 0.3 is 5.97 Å². The lowest BCUT2D eigenvalue weighted by atomic mass is 10.0. The van der Waals surface area contributed by atoms with Gasteiger partial charge in [0.15, 0.2) is 16.6 Å². The number of carboxylic acids is 1. The Morgan fingerprint density at radius 1 is 1.37 bits per heavy atom. The number of amides is 3. The number of aliphatic carboxylic acids is 1. The summed E-state index contributed by atoms with van der Waals surface area (Å²) in [7, 11) is 5.06. The number of carbonyl (C=O) groups is 4. The van der Waals surface area contributed by atoms with Gasteiger partial charge in [-0.25, -0.2) is 9.78 Å². The number of hydrogen-bond donors (Lipinski definition) is 5. The lowest BCUT2D eigenvalue weighted by Crippen LogP contribution is -2.71. The highest BCUT2D eigenvalue weighted by Gasteiger charge is 2.55. The Balaban J connectivity index is 1.46. The fraction of sp³-hybridized carbons (Fsp3) is 0.375. The summed E-state index contributed by atoms with van der Waals surface area (Å²) < 4.78 is 0.369. The molecule has 0 unspecified atom stereocenters. The van der Waals surface area contributed by atoms with Crippen molar-refractivity contribution in [3.8, 4) is 5.75 Å². The SMILES string of the molecule is CON=C(C(=O)N[C@@H]1C(=O)N2C(C(=O)O)=C(C[N+](C)(C)CCc3cc(=O)c(O)c[nH]3)CS[C@@H]12)c1csc(NC=O)n1. The number of thioether (sulfide) groups is 1. The van der Waals surface area contributed by atoms with Crippen molar-refractivity contribution in [1.82, 2.24) is 20.2 Å². The molecule has 4 rings (SSSR count). The third-order valence-electron chi connectivity index (χ3n) is 6.42. The van der Waals surface area contributed by atoms with Gasteiger partial charge in [0.25, 0.3) is 11.8 Å². The predicted octanol–water partition coefficient (Wildman–Crippen LogP) is -0.486. The van der Waals surface area contributed by atoms with Gasteiger partial charge in [0, 0.05) is 41.1 Å². The summed E-state index contributed by atoms with van der Waals surface area (Å²) in [5, 5.41) is 29.3. The molecule has 0 spiro atoms. The molecule has 2 aliphatic heterocycles. The number of nitrogens with zero attached hydrogens (tertiary/aromatic N) is 4. The number of fused-ring (bicyclic) bond motifs is 1. The molecule has 15 nitrogen and oxygen atoms in total. The maximum Gasteiger partial charge on any atom is 0.352 e. The molecule has 1 saturated heterocycles. The van der Waals surface area contributed by atoms with Crippen LogP contribution in [-0.4, -0.2) is 111 Å². The summed E-state index contributed by atoms with van der Waals surface area (Å²) >= 11 is 2.40. The number of aromatic amines is 1. The Bertz CT molecular complexity index is 1500. The Morgan fingerprint density at radius 3 is 2.78 bits per heavy atom. The molecule has 4 heterocycles. The normalized spacial score (nSPS) is 18.9. The first-order chi connectivity index (χ1) is 19.5. The number of anilines is 1. The fourth-order valence-corrected chi connectivity index (χ4v) is 6.47. The van der Waals surface area contributed by atoms with E-state index in [4.69, 9.17) is 4.84 Å². The van der Waals surface area contributed by atoms with Crippen LogP contribution in [0.15, 0.2) is 38.9 Å². The van der Waals surface area contributed by atoms with Gasteiger partial charge in [-0.3, -0.25) is 24.1 Å². The zero-order valence-electron chi connectivity index (χ0n) is 22.2. The maximum atomic E-state index is 13.1. The molecule has 17 heteroatoms. The van der Waals surface area contributed by atoms with Crippen LogP contribution in [0.25, 0.3) is 0 Å². The van der Waals surface area contributed by atoms with E-state index in [1.165, 1.54) is 41.4 Å². The predicted molar refractivity (Wildman–Crippen MR) is 149 cm³/mol. The van der Waals surface area contributed by atoms with Crippen molar-refractivity contribution in [3.63, 3.8) is 0 Å². The standard InChI is InChI=1S/C24H27N7O8S2/c1-31(2,5-4-13-6-15(33)16(34)7-25-13)8-12-9-40-22-18(21(36)30(22)19(12)23(37)38)28-20(35)17(29-39-3)14-10-41-24(27-14)26-11-32/h6-7,10-11,18,22H,4-5,8-9H2,1-3H3,(H4-,25,26,27,28,29,32,33,34,35,37,38)/p+1/t18-,22+/m1/s1. The Hall–Kier alpha value is -4.22. The molecule has 2 aromatic rings. The number of pyridine rings is 1. The van der Waals surface area contributed by atoms with E-state index in [1.54, 1.807) is 0 Å². The highest BCUT2D eigenvalue weighted by molar-refractivity contribution is 8.00. The average Bonchev–Trinajstić information content (AvgIpc) is 3.38. The van der Waals surface area contributed by atoms with Crippen molar-refractivity contribution in [2.24, 2.45) is 5.16 Å². The zero-order chi connectivity index (χ0) is 29.9. The molecule has 0 aliphatic carbocycles. The van der Waals surface area contributed by atoms with E-state index in [0.29, 0.717) is 47.4 Å². The highest BCUT2D eigenvalue weighted by Crippen LogP contribution is 2.40. The molecule has 218 valence electrons. The molecule has 1 fully saturated rings. The van der Waals surface area contributed by atoms with Crippen LogP contribution >= 0.6 is 23.1 Å². The molecule has 5 N–H and O–H groups in total. The number of carboxylic acid groups (broad SMARTS) is 1. The molecule has 2 aromatic heterocycles. The Labute approximate surface area is 241 Å². The van der Waals surface area contributed by atoms with E-state index in [0.717, 1.165) is 11.3 Å². The second kappa shape index (κ2) is 12.1. The van der Waals surface area contributed by atoms with E-state index < -0.39 is 34.6 Å². The minimum absolute atomic E-state index is 0.108. The summed E-state index contributed by atoms with van der Waals surface area (Å²) in [5.74, 6) is -2.61. The summed E-state index contributed by atoms with van der Waals surface area (Å²) in [4.78, 5) is 73.8. The first kappa shape index (κ1) is 29.8. The van der Waals surface area contributed by atoms with Crippen molar-refractivity contribution >= 4 is 58.1 Å². The van der Waals surface area contributed by atoms with Crippen LogP contribution in [0.3, 0.4) is 0 Å². The van der Waals surface area contributed by atoms with E-state index in [2.05, 4.69) is 25.8 Å². The van der Waals surface area contributed by atoms with Crippen LogP contribution in [0, 0.1) is 0 Å². The van der Waals surface area contributed by atoms with E-state index in [9.17, 15) is 34.2 Å². The molecule has 3 amide bonds. The monoisotopic (exact) mass is 606 g/mol. The number of rotatable bonds is 12. The van der Waals surface area contributed by atoms with Gasteiger partial charge < -0.3 is 35.2 Å². The van der Waals surface area contributed by atoms with Crippen molar-refractivity contribution in [3.05, 3.63) is 50.5 Å². The van der Waals surface area contributed by atoms with Crippen LogP contribution in [0.2, 0.25) is 0 Å². The van der Waals surface area contributed by atoms with Crippen LogP contribution in [0.1, 0.15) is 11.4 Å². The van der Waals surface area contributed by atoms with E-state index in [-0.39, 0.29) is 28.0 Å². The van der Waals surface area contributed by atoms with Crippen LogP contribution in [-0.2, 0) is 30.4 Å². The van der Waals surface area contributed by atoms with Gasteiger partial charge in [-0.15, -0.1) is 23.1 Å². The second-order valence-electron chi connectivity index (χ2n) is 9.82. The molecule has 0 radical (unpaired) electrons. The highest BCUT2D eigenvalue weighted by atomic mass is 32.2. The minimum atomic E-state index is -1.24. The number of β-lactam (4-membered cyclic amide) rings is 1. The van der Waals surface area contributed by atoms with E-state index >= 15 is 0 Å². The smallest absolute Gasteiger partial charge is 0.352 e. The number of nitrogens with one attached hydrogen (secondary N) is 3. The summed E-state index contributed by atoms with van der Waals surface area (Å²) in [6, 6.07) is 0.328. The van der Waals surface area contributed by atoms with Gasteiger partial charge in [-0.1, -0.05) is 5.16 Å². The number of hydrogen-bond acceptors (Lipinski definition) is 11. The minimum Gasteiger partial charge on any atom is -0.503 e. The third-order valence-corrected chi connectivity index (χ3v) is 8.53. The second-order valence-corrected chi connectivity index (χ2v) is 11.8. The maximum absolute atomic E-state index is 13.1. The number of aromatic nitrogens is 2. The number of likely N-dealkylation sites (N-methyl/N-ethyl adjacent to an activating group) is 1. The number of quaternary nitrogens is 1. The summed E-state index contributed by atoms with van der Waals surface area (Å²) in [6.07, 6.45) is 2.15. The molecule has 2 atom stereocenters. The molecule has 41 heavy (non-hydrogen) atoms. The van der Waals surface area contributed by atoms with Crippen molar-refractivity contribution < 1.29 is 38.7 Å². The first-order valence-corrected chi connectivity index (χ1v) is 14.1. The van der Waals surface area contributed by atoms with Crippen molar-refractivity contribution in [2.45, 2.75) is 17.8 Å². The Morgan fingerprint density at radius 2 is 2.12 bits per heavy atom. The van der Waals surface area contributed by atoms with E-state index in [1.807, 2.05) is 14.1 Å². The summed E-state index contributed by atoms with van der Waals surface area (Å²) in [5.41, 5.74) is 0.524. The van der Waals surface area contributed by atoms with Gasteiger partial charge in [0.2, 0.25) is 11.8 Å². The largest absolute Gasteiger partial charge is 0.503 e. The fourth-order valence-electron chi connectivity index (χ4n) is 4.48. The van der Waals surface area contributed by atoms with Gasteiger partial charge in [-0.05, 0) is 0 Å². The number of H-pyrrole nitrogens is 1. The quantitative estimate of drug-likeness (QED) is 0.0690. The summed E-state index contributed by atoms with van der Waals surface area (Å²) in [6.45, 7) is 0.871. The molecule has 0 aromatic carbocycles. The molecule has 0 saturated carbocycles. The lowest BCUT2D eigenvalue weighted by molar-refractivity contribution is -0.885. The topological polar surface area (TPSA) is 203 Å². The molecule has 0 bridgehead atoms. The Kier molecular flexibility index (Phi) is 8.79. The first-order valence-electron chi connectivity index (χ1n) is 12.2. The molecule has 2 aliphatic rings. The van der Waals surface area contributed by atoms with Crippen LogP contribution < -0.4 is 16.1 Å². The third kappa shape index (κ3) is 6.41. The van der Waals surface area contributed by atoms with Crippen LogP contribution in [0.5, 0.6) is 5.75 Å². The zero-order valence-corrected chi connectivity index (χ0v) is 23.9. The lowest BCUT2D eigenvalue weighted by Gasteiger charge is -2.49. The van der Waals surface area contributed by atoms with Gasteiger partial charge in [0.1, 0.15) is 36.5 Å². The van der Waals surface area contributed by atoms with Gasteiger partial charge in [-0.2, -0.15) is 0 Å². The molecular weight excluding hydrogens is 578 g/mol. The number of carbonyl (C=O) groups excluding carboxylic acids is 3. The van der Waals surface area contributed by atoms with Crippen molar-refractivity contribution in [1.29, 1.82) is 0 Å². The van der Waals surface area contributed by atoms with Crippen LogP contribution in [0.4, 0.5) is 5.13 Å². The molecular formula is C24H28N7O8S2+. The average molecular weight is 607 g/mol. The number of aromatic hydroxyl groups is 1. The van der Waals surface area contributed by atoms with Gasteiger partial charge in [0.05, 0.1) is 20.6 Å². The van der Waals surface area contributed by atoms with Crippen molar-refractivity contribution in [2.75, 3.05) is 45.4 Å². The number of thiazole rings is 1. The number of oxime groups is 1.